The standard InChI is InChI=1S/C21H18BN3O3S/c22-12-5-6-15-14(11-12)19(26)24-21(28-15)7-9-25(10-8-21)20(27)17-13-3-1-2-4-16(13)29-18(17)23/h1-6,11H,7-10,23H2,(H,24,26). The van der Waals surface area contributed by atoms with E-state index in [-0.39, 0.29) is 11.8 Å². The molecule has 2 aliphatic heterocycles. The Kier molecular flexibility index (Phi) is 4.06. The van der Waals surface area contributed by atoms with Crippen LogP contribution in [-0.4, -0.2) is 43.4 Å². The van der Waals surface area contributed by atoms with Crippen LogP contribution in [0, 0.1) is 0 Å². The molecular weight excluding hydrogens is 385 g/mol. The Morgan fingerprint density at radius 1 is 1.21 bits per heavy atom. The Hall–Kier alpha value is -3.00. The van der Waals surface area contributed by atoms with Gasteiger partial charge < -0.3 is 20.7 Å². The molecule has 0 atom stereocenters. The molecule has 0 bridgehead atoms. The Balaban J connectivity index is 1.36. The molecule has 0 saturated carbocycles. The van der Waals surface area contributed by atoms with E-state index in [2.05, 4.69) is 5.32 Å². The van der Waals surface area contributed by atoms with Gasteiger partial charge in [0.15, 0.2) is 5.72 Å². The molecule has 1 saturated heterocycles. The van der Waals surface area contributed by atoms with Gasteiger partial charge >= 0.3 is 0 Å². The van der Waals surface area contributed by atoms with Crippen molar-refractivity contribution in [3.63, 3.8) is 0 Å². The fraction of sp³-hybridized carbons (Fsp3) is 0.238. The summed E-state index contributed by atoms with van der Waals surface area (Å²) in [5, 5.41) is 4.39. The second-order valence-electron chi connectivity index (χ2n) is 7.44. The molecule has 1 spiro atoms. The van der Waals surface area contributed by atoms with Crippen molar-refractivity contribution in [1.29, 1.82) is 0 Å². The number of nitrogens with two attached hydrogens (primary N) is 1. The summed E-state index contributed by atoms with van der Waals surface area (Å²) in [5.41, 5.74) is 6.87. The maximum atomic E-state index is 13.2. The van der Waals surface area contributed by atoms with E-state index in [1.807, 2.05) is 24.3 Å². The first kappa shape index (κ1) is 18.1. The molecular formula is C21H18BN3O3S. The zero-order valence-corrected chi connectivity index (χ0v) is 16.4. The number of nitrogens with one attached hydrogen (secondary N) is 1. The molecule has 2 radical (unpaired) electrons. The van der Waals surface area contributed by atoms with Gasteiger partial charge in [0.25, 0.3) is 11.8 Å². The van der Waals surface area contributed by atoms with Gasteiger partial charge in [0.05, 0.1) is 16.1 Å². The number of carbonyl (C=O) groups is 2. The molecule has 144 valence electrons. The molecule has 3 heterocycles. The lowest BCUT2D eigenvalue weighted by molar-refractivity contribution is -0.0244. The maximum Gasteiger partial charge on any atom is 0.258 e. The molecule has 8 heteroatoms. The Bertz CT molecular complexity index is 1150. The average molecular weight is 403 g/mol. The number of piperidine rings is 1. The Labute approximate surface area is 173 Å². The molecule has 1 aromatic heterocycles. The normalized spacial score (nSPS) is 17.7. The third-order valence-electron chi connectivity index (χ3n) is 5.59. The van der Waals surface area contributed by atoms with Gasteiger partial charge in [0.2, 0.25) is 0 Å². The van der Waals surface area contributed by atoms with E-state index in [4.69, 9.17) is 18.3 Å². The lowest BCUT2D eigenvalue weighted by atomic mass is 9.91. The number of fused-ring (bicyclic) bond motifs is 2. The van der Waals surface area contributed by atoms with Gasteiger partial charge in [-0.1, -0.05) is 35.8 Å². The van der Waals surface area contributed by atoms with E-state index >= 15 is 0 Å². The van der Waals surface area contributed by atoms with Gasteiger partial charge in [-0.2, -0.15) is 0 Å². The highest BCUT2D eigenvalue weighted by molar-refractivity contribution is 7.23. The van der Waals surface area contributed by atoms with E-state index < -0.39 is 5.72 Å². The summed E-state index contributed by atoms with van der Waals surface area (Å²) in [6.07, 6.45) is 0.993. The zero-order chi connectivity index (χ0) is 20.2. The van der Waals surface area contributed by atoms with Gasteiger partial charge in [-0.15, -0.1) is 11.3 Å². The van der Waals surface area contributed by atoms with E-state index in [0.717, 1.165) is 10.1 Å². The zero-order valence-electron chi connectivity index (χ0n) is 15.6. The van der Waals surface area contributed by atoms with E-state index in [0.29, 0.717) is 53.3 Å². The van der Waals surface area contributed by atoms with Crippen LogP contribution in [0.15, 0.2) is 42.5 Å². The number of nitrogens with zero attached hydrogens (tertiary/aromatic N) is 1. The summed E-state index contributed by atoms with van der Waals surface area (Å²) in [5.74, 6) is 0.243. The summed E-state index contributed by atoms with van der Waals surface area (Å²) in [7, 11) is 5.77. The quantitative estimate of drug-likeness (QED) is 0.609. The fourth-order valence-electron chi connectivity index (χ4n) is 4.07. The molecule has 2 amide bonds. The van der Waals surface area contributed by atoms with Gasteiger partial charge in [-0.25, -0.2) is 0 Å². The second-order valence-corrected chi connectivity index (χ2v) is 8.52. The number of hydrogen-bond donors (Lipinski definition) is 2. The van der Waals surface area contributed by atoms with Crippen molar-refractivity contribution in [3.05, 3.63) is 53.6 Å². The van der Waals surface area contributed by atoms with E-state index in [1.165, 1.54) is 11.3 Å². The molecule has 3 N–H and O–H groups in total. The third-order valence-corrected chi connectivity index (χ3v) is 6.59. The Morgan fingerprint density at radius 2 is 1.97 bits per heavy atom. The van der Waals surface area contributed by atoms with Crippen molar-refractivity contribution in [3.8, 4) is 5.75 Å². The van der Waals surface area contributed by atoms with Crippen LogP contribution < -0.4 is 21.3 Å². The molecule has 6 nitrogen and oxygen atoms in total. The van der Waals surface area contributed by atoms with Crippen molar-refractivity contribution in [1.82, 2.24) is 10.2 Å². The van der Waals surface area contributed by atoms with Gasteiger partial charge in [-0.05, 0) is 12.1 Å². The van der Waals surface area contributed by atoms with Crippen LogP contribution in [0.1, 0.15) is 33.6 Å². The number of ether oxygens (including phenoxy) is 1. The van der Waals surface area contributed by atoms with Crippen molar-refractivity contribution >= 4 is 51.5 Å². The van der Waals surface area contributed by atoms with Crippen molar-refractivity contribution in [2.45, 2.75) is 18.6 Å². The number of carbonyl (C=O) groups excluding carboxylic acids is 2. The summed E-state index contributed by atoms with van der Waals surface area (Å²) in [6.45, 7) is 0.931. The summed E-state index contributed by atoms with van der Waals surface area (Å²) in [4.78, 5) is 27.5. The molecule has 0 aliphatic carbocycles. The van der Waals surface area contributed by atoms with Crippen LogP contribution >= 0.6 is 11.3 Å². The highest BCUT2D eigenvalue weighted by Crippen LogP contribution is 2.37. The lowest BCUT2D eigenvalue weighted by Gasteiger charge is -2.44. The molecule has 2 aliphatic rings. The number of rotatable bonds is 1. The molecule has 1 fully saturated rings. The third kappa shape index (κ3) is 2.95. The molecule has 2 aromatic carbocycles. The predicted molar refractivity (Wildman–Crippen MR) is 114 cm³/mol. The minimum Gasteiger partial charge on any atom is -0.467 e. The van der Waals surface area contributed by atoms with E-state index in [9.17, 15) is 9.59 Å². The highest BCUT2D eigenvalue weighted by atomic mass is 32.1. The van der Waals surface area contributed by atoms with Crippen molar-refractivity contribution < 1.29 is 14.3 Å². The number of thiophene rings is 1. The second kappa shape index (κ2) is 6.52. The molecule has 29 heavy (non-hydrogen) atoms. The summed E-state index contributed by atoms with van der Waals surface area (Å²) >= 11 is 1.42. The summed E-state index contributed by atoms with van der Waals surface area (Å²) < 4.78 is 7.15. The minimum absolute atomic E-state index is 0.0786. The fourth-order valence-corrected chi connectivity index (χ4v) is 5.03. The van der Waals surface area contributed by atoms with Crippen LogP contribution in [-0.2, 0) is 0 Å². The topological polar surface area (TPSA) is 84.7 Å². The smallest absolute Gasteiger partial charge is 0.258 e. The Morgan fingerprint density at radius 3 is 2.76 bits per heavy atom. The average Bonchev–Trinajstić information content (AvgIpc) is 3.04. The maximum absolute atomic E-state index is 13.2. The van der Waals surface area contributed by atoms with Crippen molar-refractivity contribution in [2.75, 3.05) is 18.8 Å². The molecule has 0 unspecified atom stereocenters. The van der Waals surface area contributed by atoms with Crippen LogP contribution in [0.5, 0.6) is 5.75 Å². The monoisotopic (exact) mass is 403 g/mol. The first-order chi connectivity index (χ1) is 14.0. The highest BCUT2D eigenvalue weighted by Gasteiger charge is 2.43. The minimum atomic E-state index is -0.806. The SMILES string of the molecule is [B]c1ccc2c(c1)C(=O)NC1(CCN(C(=O)c3c(N)sc4ccccc34)CC1)O2. The number of hydrogen-bond acceptors (Lipinski definition) is 5. The first-order valence-corrected chi connectivity index (χ1v) is 10.2. The number of likely N-dealkylation sites (tertiary alicyclic amines) is 1. The summed E-state index contributed by atoms with van der Waals surface area (Å²) in [6, 6.07) is 12.8. The van der Waals surface area contributed by atoms with E-state index in [1.54, 1.807) is 23.1 Å². The number of anilines is 1. The van der Waals surface area contributed by atoms with Gasteiger partial charge in [-0.3, -0.25) is 9.59 Å². The predicted octanol–water partition coefficient (Wildman–Crippen LogP) is 2.03. The van der Waals surface area contributed by atoms with Crippen LogP contribution in [0.3, 0.4) is 0 Å². The number of nitrogen functional groups attached to an aromatic ring is 1. The van der Waals surface area contributed by atoms with Crippen molar-refractivity contribution in [2.24, 2.45) is 0 Å². The van der Waals surface area contributed by atoms with Gasteiger partial charge in [0, 0.05) is 36.0 Å². The molecule has 5 rings (SSSR count). The first-order valence-electron chi connectivity index (χ1n) is 9.43. The lowest BCUT2D eigenvalue weighted by Crippen LogP contribution is -2.61. The number of benzene rings is 2. The van der Waals surface area contributed by atoms with Crippen LogP contribution in [0.25, 0.3) is 10.1 Å². The van der Waals surface area contributed by atoms with Crippen LogP contribution in [0.2, 0.25) is 0 Å². The van der Waals surface area contributed by atoms with Crippen LogP contribution in [0.4, 0.5) is 5.00 Å². The van der Waals surface area contributed by atoms with Gasteiger partial charge in [0.1, 0.15) is 13.6 Å². The molecule has 3 aromatic rings. The number of amides is 2. The largest absolute Gasteiger partial charge is 0.467 e.